The average molecular weight is 494 g/mol. The first-order chi connectivity index (χ1) is 15.6. The van der Waals surface area contributed by atoms with E-state index >= 15 is 0 Å². The van der Waals surface area contributed by atoms with Crippen molar-refractivity contribution in [2.24, 2.45) is 10.2 Å². The van der Waals surface area contributed by atoms with E-state index in [1.165, 1.54) is 0 Å². The maximum absolute atomic E-state index is 12.7. The van der Waals surface area contributed by atoms with Crippen molar-refractivity contribution in [1.29, 1.82) is 0 Å². The number of halogens is 1. The fourth-order valence-electron chi connectivity index (χ4n) is 3.81. The third kappa shape index (κ3) is 4.02. The van der Waals surface area contributed by atoms with Crippen LogP contribution in [0, 0.1) is 0 Å². The first-order valence-corrected chi connectivity index (χ1v) is 11.0. The van der Waals surface area contributed by atoms with Gasteiger partial charge in [-0.1, -0.05) is 40.2 Å². The van der Waals surface area contributed by atoms with Gasteiger partial charge in [0.1, 0.15) is 5.69 Å². The predicted molar refractivity (Wildman–Crippen MR) is 124 cm³/mol. The molecule has 0 unspecified atom stereocenters. The molecule has 2 aromatic heterocycles. The van der Waals surface area contributed by atoms with Gasteiger partial charge >= 0.3 is 5.91 Å². The smallest absolute Gasteiger partial charge is 0.313 e. The van der Waals surface area contributed by atoms with E-state index < -0.39 is 5.91 Å². The number of pyridine rings is 1. The number of ether oxygens (including phenoxy) is 1. The zero-order chi connectivity index (χ0) is 22.1. The molecule has 0 radical (unpaired) electrons. The van der Waals surface area contributed by atoms with E-state index in [9.17, 15) is 9.90 Å². The van der Waals surface area contributed by atoms with E-state index in [1.54, 1.807) is 10.6 Å². The number of hydrogen-bond donors (Lipinski definition) is 1. The Morgan fingerprint density at radius 3 is 2.78 bits per heavy atom. The van der Waals surface area contributed by atoms with Gasteiger partial charge in [0.05, 0.1) is 30.9 Å². The van der Waals surface area contributed by atoms with Gasteiger partial charge in [-0.15, -0.1) is 10.2 Å². The summed E-state index contributed by atoms with van der Waals surface area (Å²) in [6, 6.07) is 16.7. The molecular formula is C23H20BrN5O3. The van der Waals surface area contributed by atoms with Crippen LogP contribution in [0.25, 0.3) is 21.8 Å². The van der Waals surface area contributed by atoms with E-state index in [1.807, 2.05) is 48.5 Å². The number of para-hydroxylation sites is 1. The van der Waals surface area contributed by atoms with Gasteiger partial charge in [0.15, 0.2) is 5.69 Å². The van der Waals surface area contributed by atoms with Gasteiger partial charge in [-0.05, 0) is 30.3 Å². The monoisotopic (exact) mass is 493 g/mol. The third-order valence-corrected chi connectivity index (χ3v) is 5.97. The predicted octanol–water partition coefficient (Wildman–Crippen LogP) is 4.87. The number of nitrogens with zero attached hydrogens (tertiary/aromatic N) is 5. The zero-order valence-corrected chi connectivity index (χ0v) is 18.7. The molecule has 0 spiro atoms. The van der Waals surface area contributed by atoms with Crippen molar-refractivity contribution < 1.29 is 14.6 Å². The van der Waals surface area contributed by atoms with E-state index in [0.29, 0.717) is 30.8 Å². The number of fused-ring (bicyclic) bond motifs is 2. The Balaban J connectivity index is 1.49. The van der Waals surface area contributed by atoms with Crippen LogP contribution in [0.4, 0.5) is 5.69 Å². The highest BCUT2D eigenvalue weighted by Crippen LogP contribution is 2.40. The maximum Gasteiger partial charge on any atom is 0.313 e. The van der Waals surface area contributed by atoms with Crippen LogP contribution in [-0.4, -0.2) is 51.8 Å². The molecule has 1 aliphatic heterocycles. The lowest BCUT2D eigenvalue weighted by atomic mass is 10.2. The Kier molecular flexibility index (Phi) is 5.69. The molecule has 4 aromatic rings. The number of azo groups is 1. The fourth-order valence-corrected chi connectivity index (χ4v) is 4.17. The van der Waals surface area contributed by atoms with Crippen LogP contribution in [0.2, 0.25) is 0 Å². The Morgan fingerprint density at radius 1 is 1.12 bits per heavy atom. The first kappa shape index (κ1) is 20.7. The molecule has 1 saturated heterocycles. The van der Waals surface area contributed by atoms with Gasteiger partial charge in [0, 0.05) is 28.3 Å². The number of carbonyl (C=O) groups is 1. The average Bonchev–Trinajstić information content (AvgIpc) is 3.07. The van der Waals surface area contributed by atoms with E-state index in [2.05, 4.69) is 36.0 Å². The van der Waals surface area contributed by atoms with Crippen LogP contribution in [0.15, 0.2) is 69.3 Å². The second-order valence-corrected chi connectivity index (χ2v) is 8.44. The van der Waals surface area contributed by atoms with Crippen molar-refractivity contribution in [1.82, 2.24) is 14.5 Å². The summed E-state index contributed by atoms with van der Waals surface area (Å²) in [7, 11) is 0. The van der Waals surface area contributed by atoms with Gasteiger partial charge in [-0.25, -0.2) is 4.98 Å². The SMILES string of the molecule is O=C(N=Nc1c(O)n(CN2CCOCC2)c2ccc(Br)cc12)c1ccc2ccccc2n1. The summed E-state index contributed by atoms with van der Waals surface area (Å²) in [5, 5.41) is 20.6. The minimum absolute atomic E-state index is 0.0346. The number of morpholine rings is 1. The number of carbonyl (C=O) groups excluding carboxylic acids is 1. The molecule has 2 aromatic carbocycles. The van der Waals surface area contributed by atoms with Crippen molar-refractivity contribution >= 4 is 49.3 Å². The van der Waals surface area contributed by atoms with Crippen molar-refractivity contribution in [3.63, 3.8) is 0 Å². The highest BCUT2D eigenvalue weighted by molar-refractivity contribution is 9.10. The molecule has 162 valence electrons. The Labute approximate surface area is 192 Å². The summed E-state index contributed by atoms with van der Waals surface area (Å²) in [6.07, 6.45) is 0. The highest BCUT2D eigenvalue weighted by Gasteiger charge is 2.20. The third-order valence-electron chi connectivity index (χ3n) is 5.48. The van der Waals surface area contributed by atoms with Crippen molar-refractivity contribution in [2.75, 3.05) is 26.3 Å². The van der Waals surface area contributed by atoms with Crippen LogP contribution in [0.3, 0.4) is 0 Å². The van der Waals surface area contributed by atoms with Crippen LogP contribution in [-0.2, 0) is 11.4 Å². The van der Waals surface area contributed by atoms with Crippen LogP contribution in [0.5, 0.6) is 5.88 Å². The van der Waals surface area contributed by atoms with E-state index in [4.69, 9.17) is 4.74 Å². The number of amides is 1. The topological polar surface area (TPSA) is 92.3 Å². The number of aromatic hydroxyl groups is 1. The molecular weight excluding hydrogens is 474 g/mol. The van der Waals surface area contributed by atoms with E-state index in [0.717, 1.165) is 28.5 Å². The maximum atomic E-state index is 12.7. The molecule has 8 nitrogen and oxygen atoms in total. The molecule has 1 N–H and O–H groups in total. The van der Waals surface area contributed by atoms with E-state index in [-0.39, 0.29) is 17.3 Å². The van der Waals surface area contributed by atoms with Crippen LogP contribution >= 0.6 is 15.9 Å². The van der Waals surface area contributed by atoms with Crippen molar-refractivity contribution in [2.45, 2.75) is 6.67 Å². The van der Waals surface area contributed by atoms with Gasteiger partial charge < -0.3 is 9.84 Å². The number of benzene rings is 2. The molecule has 0 bridgehead atoms. The quantitative estimate of drug-likeness (QED) is 0.409. The second kappa shape index (κ2) is 8.78. The standard InChI is InChI=1S/C23H20BrN5O3/c24-16-6-8-20-17(13-16)21(23(31)29(20)14-28-9-11-32-12-10-28)26-27-22(30)19-7-5-15-3-1-2-4-18(15)25-19/h1-8,13,31H,9-12,14H2. The van der Waals surface area contributed by atoms with Gasteiger partial charge in [0.2, 0.25) is 5.88 Å². The molecule has 1 fully saturated rings. The molecule has 1 aliphatic rings. The molecule has 1 amide bonds. The minimum Gasteiger partial charge on any atom is -0.493 e. The summed E-state index contributed by atoms with van der Waals surface area (Å²) in [4.78, 5) is 19.2. The first-order valence-electron chi connectivity index (χ1n) is 10.2. The van der Waals surface area contributed by atoms with Gasteiger partial charge in [-0.2, -0.15) is 0 Å². The Morgan fingerprint density at radius 2 is 1.94 bits per heavy atom. The van der Waals surface area contributed by atoms with Crippen molar-refractivity contribution in [3.05, 3.63) is 64.8 Å². The molecule has 3 heterocycles. The molecule has 32 heavy (non-hydrogen) atoms. The fraction of sp³-hybridized carbons (Fsp3) is 0.217. The summed E-state index contributed by atoms with van der Waals surface area (Å²) >= 11 is 3.47. The van der Waals surface area contributed by atoms with Crippen LogP contribution in [0.1, 0.15) is 10.5 Å². The molecule has 0 aliphatic carbocycles. The number of hydrogen-bond acceptors (Lipinski definition) is 6. The Hall–Kier alpha value is -3.14. The lowest BCUT2D eigenvalue weighted by molar-refractivity contribution is 0.0231. The lowest BCUT2D eigenvalue weighted by Crippen LogP contribution is -2.37. The normalized spacial score (nSPS) is 15.2. The summed E-state index contributed by atoms with van der Waals surface area (Å²) in [5.41, 5.74) is 1.97. The van der Waals surface area contributed by atoms with Crippen molar-refractivity contribution in [3.8, 4) is 5.88 Å². The van der Waals surface area contributed by atoms with Crippen LogP contribution < -0.4 is 0 Å². The summed E-state index contributed by atoms with van der Waals surface area (Å²) in [6.45, 7) is 3.36. The second-order valence-electron chi connectivity index (χ2n) is 7.53. The zero-order valence-electron chi connectivity index (χ0n) is 17.1. The molecule has 0 saturated carbocycles. The highest BCUT2D eigenvalue weighted by atomic mass is 79.9. The largest absolute Gasteiger partial charge is 0.493 e. The molecule has 5 rings (SSSR count). The number of aromatic nitrogens is 2. The molecule has 0 atom stereocenters. The lowest BCUT2D eigenvalue weighted by Gasteiger charge is -2.27. The number of rotatable bonds is 4. The molecule has 9 heteroatoms. The van der Waals surface area contributed by atoms with Gasteiger partial charge in [-0.3, -0.25) is 14.3 Å². The summed E-state index contributed by atoms with van der Waals surface area (Å²) in [5.74, 6) is -0.605. The minimum atomic E-state index is -0.570. The van der Waals surface area contributed by atoms with Gasteiger partial charge in [0.25, 0.3) is 0 Å². The Bertz CT molecular complexity index is 1340. The summed E-state index contributed by atoms with van der Waals surface area (Å²) < 4.78 is 8.03.